The van der Waals surface area contributed by atoms with Gasteiger partial charge in [0, 0.05) is 17.9 Å². The van der Waals surface area contributed by atoms with Crippen molar-refractivity contribution in [1.82, 2.24) is 0 Å². The average Bonchev–Trinajstić information content (AvgIpc) is 2.99. The van der Waals surface area contributed by atoms with Gasteiger partial charge in [-0.3, -0.25) is 4.31 Å². The third kappa shape index (κ3) is 3.13. The molecule has 2 aromatic rings. The molecule has 1 aliphatic heterocycles. The van der Waals surface area contributed by atoms with Crippen molar-refractivity contribution in [1.29, 1.82) is 10.5 Å². The van der Waals surface area contributed by atoms with Crippen LogP contribution < -0.4 is 9.62 Å². The van der Waals surface area contributed by atoms with Crippen molar-refractivity contribution in [2.75, 3.05) is 9.62 Å². The topological polar surface area (TPSA) is 97.0 Å². The number of hydrogen-bond donors (Lipinski definition) is 1. The molecule has 0 amide bonds. The predicted molar refractivity (Wildman–Crippen MR) is 98.6 cm³/mol. The molecule has 1 aliphatic rings. The van der Waals surface area contributed by atoms with Crippen LogP contribution in [0.25, 0.3) is 0 Å². The molecular weight excluding hydrogens is 348 g/mol. The zero-order valence-corrected chi connectivity index (χ0v) is 14.9. The van der Waals surface area contributed by atoms with E-state index in [1.807, 2.05) is 31.2 Å². The van der Waals surface area contributed by atoms with E-state index in [2.05, 4.69) is 5.32 Å². The van der Waals surface area contributed by atoms with Crippen molar-refractivity contribution in [3.63, 3.8) is 0 Å². The minimum atomic E-state index is -3.67. The van der Waals surface area contributed by atoms with Crippen LogP contribution in [0.4, 0.5) is 11.4 Å². The molecule has 0 aromatic heterocycles. The van der Waals surface area contributed by atoms with Crippen LogP contribution in [0.5, 0.6) is 0 Å². The van der Waals surface area contributed by atoms with Crippen molar-refractivity contribution >= 4 is 21.4 Å². The number of rotatable bonds is 4. The summed E-state index contributed by atoms with van der Waals surface area (Å²) in [5.41, 5.74) is 2.26. The Morgan fingerprint density at radius 2 is 1.81 bits per heavy atom. The van der Waals surface area contributed by atoms with Gasteiger partial charge < -0.3 is 5.32 Å². The van der Waals surface area contributed by atoms with Gasteiger partial charge in [-0.25, -0.2) is 8.42 Å². The van der Waals surface area contributed by atoms with Crippen LogP contribution in [0.3, 0.4) is 0 Å². The van der Waals surface area contributed by atoms with Crippen molar-refractivity contribution in [3.05, 3.63) is 65.9 Å². The van der Waals surface area contributed by atoms with Crippen LogP contribution in [-0.2, 0) is 16.4 Å². The molecule has 1 N–H and O–H groups in total. The van der Waals surface area contributed by atoms with E-state index in [1.165, 1.54) is 22.6 Å². The normalized spacial score (nSPS) is 15.5. The van der Waals surface area contributed by atoms with E-state index in [1.54, 1.807) is 24.3 Å². The van der Waals surface area contributed by atoms with Gasteiger partial charge in [0.1, 0.15) is 17.7 Å². The molecule has 7 heteroatoms. The molecule has 2 aromatic carbocycles. The lowest BCUT2D eigenvalue weighted by atomic mass is 10.1. The molecule has 3 rings (SSSR count). The Morgan fingerprint density at radius 3 is 2.46 bits per heavy atom. The Kier molecular flexibility index (Phi) is 4.66. The maximum absolute atomic E-state index is 13.1. The molecule has 1 heterocycles. The number of para-hydroxylation sites is 1. The van der Waals surface area contributed by atoms with E-state index in [0.717, 1.165) is 11.3 Å². The second-order valence-corrected chi connectivity index (χ2v) is 7.75. The Bertz CT molecular complexity index is 1030. The van der Waals surface area contributed by atoms with Crippen LogP contribution in [0.1, 0.15) is 12.5 Å². The summed E-state index contributed by atoms with van der Waals surface area (Å²) in [6.45, 7) is 1.89. The standard InChI is InChI=1S/C19H16N4O2S/c1-14-10-16-4-2-3-5-19(16)23(14)26(24,25)18-8-6-17(7-9-18)22-13-15(11-20)12-21/h2-9,13-14,22H,10H2,1H3. The van der Waals surface area contributed by atoms with Gasteiger partial charge in [-0.15, -0.1) is 0 Å². The van der Waals surface area contributed by atoms with Crippen LogP contribution in [0.15, 0.2) is 65.2 Å². The van der Waals surface area contributed by atoms with Gasteiger partial charge in [-0.1, -0.05) is 18.2 Å². The fourth-order valence-corrected chi connectivity index (χ4v) is 4.68. The highest BCUT2D eigenvalue weighted by molar-refractivity contribution is 7.92. The first-order valence-corrected chi connectivity index (χ1v) is 9.40. The van der Waals surface area contributed by atoms with Gasteiger partial charge in [-0.05, 0) is 49.2 Å². The molecule has 0 radical (unpaired) electrons. The Balaban J connectivity index is 1.89. The maximum Gasteiger partial charge on any atom is 0.264 e. The number of nitriles is 2. The highest BCUT2D eigenvalue weighted by atomic mass is 32.2. The van der Waals surface area contributed by atoms with Crippen LogP contribution >= 0.6 is 0 Å². The molecule has 0 saturated carbocycles. The predicted octanol–water partition coefficient (Wildman–Crippen LogP) is 3.17. The first kappa shape index (κ1) is 17.5. The first-order chi connectivity index (χ1) is 12.5. The van der Waals surface area contributed by atoms with E-state index in [4.69, 9.17) is 10.5 Å². The van der Waals surface area contributed by atoms with E-state index in [9.17, 15) is 8.42 Å². The van der Waals surface area contributed by atoms with E-state index in [-0.39, 0.29) is 16.5 Å². The summed E-state index contributed by atoms with van der Waals surface area (Å²) in [6.07, 6.45) is 1.97. The monoisotopic (exact) mass is 364 g/mol. The zero-order chi connectivity index (χ0) is 18.7. The molecular formula is C19H16N4O2S. The van der Waals surface area contributed by atoms with Gasteiger partial charge in [0.25, 0.3) is 10.0 Å². The average molecular weight is 364 g/mol. The lowest BCUT2D eigenvalue weighted by Gasteiger charge is -2.24. The summed E-state index contributed by atoms with van der Waals surface area (Å²) in [4.78, 5) is 0.191. The summed E-state index contributed by atoms with van der Waals surface area (Å²) in [7, 11) is -3.67. The van der Waals surface area contributed by atoms with E-state index >= 15 is 0 Å². The molecule has 6 nitrogen and oxygen atoms in total. The third-order valence-corrected chi connectivity index (χ3v) is 6.12. The summed E-state index contributed by atoms with van der Waals surface area (Å²) in [5.74, 6) is 0. The van der Waals surface area contributed by atoms with E-state index in [0.29, 0.717) is 12.1 Å². The van der Waals surface area contributed by atoms with Crippen molar-refractivity contribution in [2.45, 2.75) is 24.3 Å². The fraction of sp³-hybridized carbons (Fsp3) is 0.158. The molecule has 0 saturated heterocycles. The SMILES string of the molecule is CC1Cc2ccccc2N1S(=O)(=O)c1ccc(NC=C(C#N)C#N)cc1. The lowest BCUT2D eigenvalue weighted by Crippen LogP contribution is -2.35. The van der Waals surface area contributed by atoms with Crippen LogP contribution in [0, 0.1) is 22.7 Å². The smallest absolute Gasteiger partial charge is 0.264 e. The van der Waals surface area contributed by atoms with Gasteiger partial charge in [-0.2, -0.15) is 10.5 Å². The number of allylic oxidation sites excluding steroid dienone is 1. The van der Waals surface area contributed by atoms with Gasteiger partial charge in [0.2, 0.25) is 0 Å². The summed E-state index contributed by atoms with van der Waals surface area (Å²) < 4.78 is 27.6. The highest BCUT2D eigenvalue weighted by Gasteiger charge is 2.35. The van der Waals surface area contributed by atoms with Crippen molar-refractivity contribution < 1.29 is 8.42 Å². The Labute approximate surface area is 152 Å². The number of nitrogens with zero attached hydrogens (tertiary/aromatic N) is 3. The van der Waals surface area contributed by atoms with Crippen molar-refractivity contribution in [3.8, 4) is 12.1 Å². The number of anilines is 2. The number of benzene rings is 2. The Hall–Kier alpha value is -3.29. The lowest BCUT2D eigenvalue weighted by molar-refractivity contribution is 0.584. The number of sulfonamides is 1. The minimum absolute atomic E-state index is 0.0656. The number of nitrogens with one attached hydrogen (secondary N) is 1. The second kappa shape index (κ2) is 6.91. The van der Waals surface area contributed by atoms with Crippen LogP contribution in [-0.4, -0.2) is 14.5 Å². The zero-order valence-electron chi connectivity index (χ0n) is 14.0. The molecule has 26 heavy (non-hydrogen) atoms. The van der Waals surface area contributed by atoms with E-state index < -0.39 is 10.0 Å². The maximum atomic E-state index is 13.1. The molecule has 0 spiro atoms. The largest absolute Gasteiger partial charge is 0.360 e. The number of hydrogen-bond acceptors (Lipinski definition) is 5. The fourth-order valence-electron chi connectivity index (χ4n) is 2.99. The Morgan fingerprint density at radius 1 is 1.15 bits per heavy atom. The van der Waals surface area contributed by atoms with Gasteiger partial charge >= 0.3 is 0 Å². The summed E-state index contributed by atoms with van der Waals surface area (Å²) in [6, 6.07) is 17.1. The van der Waals surface area contributed by atoms with Gasteiger partial charge in [0.15, 0.2) is 0 Å². The highest BCUT2D eigenvalue weighted by Crippen LogP contribution is 2.36. The molecule has 0 aliphatic carbocycles. The van der Waals surface area contributed by atoms with Gasteiger partial charge in [0.05, 0.1) is 10.6 Å². The van der Waals surface area contributed by atoms with Crippen molar-refractivity contribution in [2.24, 2.45) is 0 Å². The minimum Gasteiger partial charge on any atom is -0.360 e. The number of fused-ring (bicyclic) bond motifs is 1. The quantitative estimate of drug-likeness (QED) is 0.841. The summed E-state index contributed by atoms with van der Waals surface area (Å²) >= 11 is 0. The molecule has 1 atom stereocenters. The first-order valence-electron chi connectivity index (χ1n) is 7.96. The molecule has 0 fully saturated rings. The molecule has 1 unspecified atom stereocenters. The van der Waals surface area contributed by atoms with Crippen LogP contribution in [0.2, 0.25) is 0 Å². The summed E-state index contributed by atoms with van der Waals surface area (Å²) in [5, 5.41) is 20.2. The third-order valence-electron chi connectivity index (χ3n) is 4.18. The second-order valence-electron chi connectivity index (χ2n) is 5.93. The molecule has 130 valence electrons. The molecule has 0 bridgehead atoms.